The minimum Gasteiger partial charge on any atom is -0.475 e. The summed E-state index contributed by atoms with van der Waals surface area (Å²) in [5.74, 6) is -3.36. The van der Waals surface area contributed by atoms with E-state index in [1.165, 1.54) is 24.5 Å². The Morgan fingerprint density at radius 3 is 2.00 bits per heavy atom. The van der Waals surface area contributed by atoms with Gasteiger partial charge in [0, 0.05) is 42.9 Å². The van der Waals surface area contributed by atoms with Gasteiger partial charge in [0.1, 0.15) is 11.6 Å². The van der Waals surface area contributed by atoms with E-state index < -0.39 is 12.1 Å². The maximum absolute atomic E-state index is 13.1. The number of nitrogens with one attached hydrogen (secondary N) is 1. The number of hydrogen-bond donors (Lipinski definition) is 2. The highest BCUT2D eigenvalue weighted by molar-refractivity contribution is 9.10. The first-order valence-corrected chi connectivity index (χ1v) is 9.61. The van der Waals surface area contributed by atoms with Crippen molar-refractivity contribution in [2.24, 2.45) is 0 Å². The average Bonchev–Trinajstić information content (AvgIpc) is 2.68. The van der Waals surface area contributed by atoms with Gasteiger partial charge >= 0.3 is 12.1 Å². The van der Waals surface area contributed by atoms with E-state index in [4.69, 9.17) is 14.6 Å². The van der Waals surface area contributed by atoms with Crippen molar-refractivity contribution in [2.75, 3.05) is 31.1 Å². The number of ether oxygens (including phenoxy) is 1. The minimum atomic E-state index is -5.08. The Kier molecular flexibility index (Phi) is 9.07. The number of anilines is 1. The van der Waals surface area contributed by atoms with E-state index in [2.05, 4.69) is 36.1 Å². The van der Waals surface area contributed by atoms with Crippen molar-refractivity contribution in [3.8, 4) is 0 Å². The highest BCUT2D eigenvalue weighted by atomic mass is 79.9. The summed E-state index contributed by atoms with van der Waals surface area (Å²) in [6, 6.07) is 2.88. The first kappa shape index (κ1) is 24.9. The van der Waals surface area contributed by atoms with E-state index in [0.717, 1.165) is 38.1 Å². The van der Waals surface area contributed by atoms with Gasteiger partial charge in [-0.15, -0.1) is 0 Å². The summed E-state index contributed by atoms with van der Waals surface area (Å²) >= 11 is 3.06. The number of alkyl halides is 3. The first-order chi connectivity index (χ1) is 14.5. The Balaban J connectivity index is 0.000000192. The van der Waals surface area contributed by atoms with Crippen LogP contribution in [-0.4, -0.2) is 65.6 Å². The summed E-state index contributed by atoms with van der Waals surface area (Å²) in [4.78, 5) is 18.5. The van der Waals surface area contributed by atoms with Crippen molar-refractivity contribution < 1.29 is 36.6 Å². The van der Waals surface area contributed by atoms with E-state index in [0.29, 0.717) is 4.47 Å². The number of carboxylic acid groups (broad SMARTS) is 1. The van der Waals surface area contributed by atoms with Gasteiger partial charge in [-0.25, -0.2) is 13.6 Å². The molecule has 170 valence electrons. The number of morpholine rings is 2. The molecule has 0 spiro atoms. The molecular weight excluding hydrogens is 495 g/mol. The fourth-order valence-corrected chi connectivity index (χ4v) is 3.06. The molecule has 7 nitrogen and oxygen atoms in total. The summed E-state index contributed by atoms with van der Waals surface area (Å²) in [5, 5.41) is 10.5. The number of carboxylic acids is 1. The van der Waals surface area contributed by atoms with Crippen LogP contribution in [0.4, 0.5) is 27.6 Å². The number of halogens is 6. The van der Waals surface area contributed by atoms with Crippen molar-refractivity contribution in [1.29, 1.82) is 0 Å². The Hall–Kier alpha value is -2.38. The van der Waals surface area contributed by atoms with Gasteiger partial charge in [0.15, 0.2) is 0 Å². The van der Waals surface area contributed by atoms with Crippen molar-refractivity contribution >= 4 is 27.6 Å². The van der Waals surface area contributed by atoms with Gasteiger partial charge in [-0.05, 0) is 22.0 Å². The Morgan fingerprint density at radius 2 is 1.58 bits per heavy atom. The van der Waals surface area contributed by atoms with Crippen LogP contribution >= 0.6 is 15.9 Å². The SMILES string of the molecule is Fc1cncc(Br)c1.Fc1cncc(N2CC3CNCC(C2)O3)c1.O=C(O)C(F)(F)F. The molecule has 0 saturated carbocycles. The predicted molar refractivity (Wildman–Crippen MR) is 104 cm³/mol. The standard InChI is InChI=1S/C11H14FN3O.C5H3BrFN.C2HF3O2/c12-8-1-9(3-13-2-8)15-6-10-4-14-5-11(7-15)16-10;6-4-1-5(7)3-8-2-4;3-2(4,5)1(6)7/h1-3,10-11,14H,4-7H2;1-3H;(H,6,7). The lowest BCUT2D eigenvalue weighted by molar-refractivity contribution is -0.192. The molecule has 2 bridgehead atoms. The van der Waals surface area contributed by atoms with Crippen molar-refractivity contribution in [3.63, 3.8) is 0 Å². The molecule has 2 aromatic heterocycles. The number of hydrogen-bond acceptors (Lipinski definition) is 6. The van der Waals surface area contributed by atoms with Crippen LogP contribution in [0, 0.1) is 11.6 Å². The molecule has 13 heteroatoms. The fourth-order valence-electron chi connectivity index (χ4n) is 2.73. The highest BCUT2D eigenvalue weighted by Gasteiger charge is 2.38. The molecule has 0 amide bonds. The molecule has 2 atom stereocenters. The van der Waals surface area contributed by atoms with E-state index in [-0.39, 0.29) is 23.8 Å². The van der Waals surface area contributed by atoms with Crippen LogP contribution in [0.15, 0.2) is 41.4 Å². The third kappa shape index (κ3) is 8.71. The maximum Gasteiger partial charge on any atom is 0.490 e. The van der Waals surface area contributed by atoms with E-state index in [1.807, 2.05) is 0 Å². The topological polar surface area (TPSA) is 87.6 Å². The van der Waals surface area contributed by atoms with Gasteiger partial charge in [-0.2, -0.15) is 13.2 Å². The Labute approximate surface area is 182 Å². The molecule has 0 aromatic carbocycles. The van der Waals surface area contributed by atoms with Crippen LogP contribution in [0.25, 0.3) is 0 Å². The van der Waals surface area contributed by atoms with E-state index in [9.17, 15) is 22.0 Å². The molecule has 4 rings (SSSR count). The molecule has 2 saturated heterocycles. The van der Waals surface area contributed by atoms with Gasteiger partial charge < -0.3 is 20.1 Å². The summed E-state index contributed by atoms with van der Waals surface area (Å²) in [7, 11) is 0. The fraction of sp³-hybridized carbons (Fsp3) is 0.389. The second kappa shape index (κ2) is 11.3. The van der Waals surface area contributed by atoms with Crippen LogP contribution in [0.3, 0.4) is 0 Å². The predicted octanol–water partition coefficient (Wildman–Crippen LogP) is 3.01. The lowest BCUT2D eigenvalue weighted by atomic mass is 10.1. The largest absolute Gasteiger partial charge is 0.490 e. The van der Waals surface area contributed by atoms with Gasteiger partial charge in [0.05, 0.1) is 36.5 Å². The molecule has 2 aliphatic heterocycles. The summed E-state index contributed by atoms with van der Waals surface area (Å²) < 4.78 is 63.3. The smallest absolute Gasteiger partial charge is 0.475 e. The van der Waals surface area contributed by atoms with Gasteiger partial charge in [-0.3, -0.25) is 9.97 Å². The highest BCUT2D eigenvalue weighted by Crippen LogP contribution is 2.21. The number of pyridine rings is 2. The van der Waals surface area contributed by atoms with E-state index >= 15 is 0 Å². The number of fused-ring (bicyclic) bond motifs is 2. The second-order valence-corrected chi connectivity index (χ2v) is 7.34. The lowest BCUT2D eigenvalue weighted by Crippen LogP contribution is -2.58. The first-order valence-electron chi connectivity index (χ1n) is 8.82. The number of aromatic nitrogens is 2. The van der Waals surface area contributed by atoms with Crippen molar-refractivity contribution in [2.45, 2.75) is 18.4 Å². The number of nitrogens with zero attached hydrogens (tertiary/aromatic N) is 3. The molecule has 2 N–H and O–H groups in total. The zero-order valence-electron chi connectivity index (χ0n) is 15.8. The quantitative estimate of drug-likeness (QED) is 0.568. The van der Waals surface area contributed by atoms with Gasteiger partial charge in [0.2, 0.25) is 0 Å². The molecule has 2 aromatic rings. The zero-order chi connectivity index (χ0) is 23.0. The molecule has 4 heterocycles. The average molecular weight is 513 g/mol. The third-order valence-electron chi connectivity index (χ3n) is 3.95. The number of carbonyl (C=O) groups is 1. The van der Waals surface area contributed by atoms with Crippen LogP contribution in [0.1, 0.15) is 0 Å². The molecule has 0 aliphatic carbocycles. The molecule has 0 radical (unpaired) electrons. The maximum atomic E-state index is 13.1. The van der Waals surface area contributed by atoms with Crippen LogP contribution < -0.4 is 10.2 Å². The zero-order valence-corrected chi connectivity index (χ0v) is 17.4. The number of aliphatic carboxylic acids is 1. The third-order valence-corrected chi connectivity index (χ3v) is 4.38. The normalized spacial score (nSPS) is 20.0. The Bertz CT molecular complexity index is 845. The summed E-state index contributed by atoms with van der Waals surface area (Å²) in [5.41, 5.74) is 0.847. The van der Waals surface area contributed by atoms with Gasteiger partial charge in [0.25, 0.3) is 0 Å². The molecule has 31 heavy (non-hydrogen) atoms. The second-order valence-electron chi connectivity index (χ2n) is 6.43. The molecular formula is C18H18BrF5N4O3. The minimum absolute atomic E-state index is 0.204. The molecule has 2 aliphatic rings. The number of rotatable bonds is 1. The van der Waals surface area contributed by atoms with Gasteiger partial charge in [-0.1, -0.05) is 0 Å². The summed E-state index contributed by atoms with van der Waals surface area (Å²) in [6.45, 7) is 3.34. The van der Waals surface area contributed by atoms with Crippen LogP contribution in [-0.2, 0) is 9.53 Å². The van der Waals surface area contributed by atoms with E-state index in [1.54, 1.807) is 6.20 Å². The Morgan fingerprint density at radius 1 is 1.06 bits per heavy atom. The van der Waals surface area contributed by atoms with Crippen LogP contribution in [0.2, 0.25) is 0 Å². The summed E-state index contributed by atoms with van der Waals surface area (Å²) in [6.07, 6.45) is 0.948. The van der Waals surface area contributed by atoms with Crippen molar-refractivity contribution in [3.05, 3.63) is 53.0 Å². The van der Waals surface area contributed by atoms with Crippen LogP contribution in [0.5, 0.6) is 0 Å². The van der Waals surface area contributed by atoms with Crippen molar-refractivity contribution in [1.82, 2.24) is 15.3 Å². The lowest BCUT2D eigenvalue weighted by Gasteiger charge is -2.42. The monoisotopic (exact) mass is 512 g/mol. The molecule has 2 unspecified atom stereocenters. The molecule has 2 fully saturated rings.